The SMILES string of the molecule is O=C(S)NS(=O)(=O)c1ccccc1. The summed E-state index contributed by atoms with van der Waals surface area (Å²) in [5.41, 5.74) is 0. The van der Waals surface area contributed by atoms with Crippen LogP contribution in [0.3, 0.4) is 0 Å². The van der Waals surface area contributed by atoms with E-state index in [-0.39, 0.29) is 4.90 Å². The van der Waals surface area contributed by atoms with Gasteiger partial charge in [-0.25, -0.2) is 13.1 Å². The quantitative estimate of drug-likeness (QED) is 0.727. The lowest BCUT2D eigenvalue weighted by Crippen LogP contribution is -2.25. The predicted octanol–water partition coefficient (Wildman–Crippen LogP) is 1.01. The zero-order chi connectivity index (χ0) is 9.90. The molecule has 0 atom stereocenters. The molecule has 6 heteroatoms. The molecule has 0 aliphatic carbocycles. The summed E-state index contributed by atoms with van der Waals surface area (Å²) in [5, 5.41) is -0.899. The first kappa shape index (κ1) is 10.1. The van der Waals surface area contributed by atoms with E-state index in [4.69, 9.17) is 0 Å². The Morgan fingerprint density at radius 1 is 1.23 bits per heavy atom. The Morgan fingerprint density at radius 3 is 2.23 bits per heavy atom. The van der Waals surface area contributed by atoms with Crippen LogP contribution in [0.25, 0.3) is 0 Å². The van der Waals surface area contributed by atoms with E-state index in [2.05, 4.69) is 12.6 Å². The number of rotatable bonds is 2. The number of carbonyl (C=O) groups is 1. The molecule has 4 nitrogen and oxygen atoms in total. The minimum atomic E-state index is -3.74. The van der Waals surface area contributed by atoms with Crippen molar-refractivity contribution in [3.63, 3.8) is 0 Å². The Balaban J connectivity index is 3.02. The lowest BCUT2D eigenvalue weighted by Gasteiger charge is -2.02. The number of thiol groups is 1. The summed E-state index contributed by atoms with van der Waals surface area (Å²) in [6.45, 7) is 0. The molecule has 0 heterocycles. The van der Waals surface area contributed by atoms with E-state index in [1.165, 1.54) is 12.1 Å². The smallest absolute Gasteiger partial charge is 0.261 e. The molecule has 0 aliphatic rings. The van der Waals surface area contributed by atoms with Crippen molar-refractivity contribution in [2.75, 3.05) is 0 Å². The molecule has 0 saturated carbocycles. The highest BCUT2D eigenvalue weighted by molar-refractivity contribution is 7.99. The lowest BCUT2D eigenvalue weighted by molar-refractivity contribution is 0.265. The van der Waals surface area contributed by atoms with E-state index in [0.717, 1.165) is 0 Å². The number of nitrogens with one attached hydrogen (secondary N) is 1. The minimum Gasteiger partial charge on any atom is -0.261 e. The third-order valence-electron chi connectivity index (χ3n) is 1.28. The van der Waals surface area contributed by atoms with Crippen LogP contribution in [-0.2, 0) is 10.0 Å². The van der Waals surface area contributed by atoms with E-state index in [1.807, 2.05) is 0 Å². The first-order chi connectivity index (χ1) is 6.02. The third-order valence-corrected chi connectivity index (χ3v) is 2.89. The molecule has 0 unspecified atom stereocenters. The first-order valence-corrected chi connectivity index (χ1v) is 5.26. The van der Waals surface area contributed by atoms with Crippen molar-refractivity contribution in [1.82, 2.24) is 4.72 Å². The summed E-state index contributed by atoms with van der Waals surface area (Å²) in [6, 6.07) is 7.59. The number of sulfonamides is 1. The van der Waals surface area contributed by atoms with Crippen LogP contribution in [0, 0.1) is 0 Å². The molecule has 0 saturated heterocycles. The van der Waals surface area contributed by atoms with Gasteiger partial charge in [-0.1, -0.05) is 30.8 Å². The highest BCUT2D eigenvalue weighted by Crippen LogP contribution is 2.06. The molecule has 0 radical (unpaired) electrons. The fourth-order valence-electron chi connectivity index (χ4n) is 0.774. The Hall–Kier alpha value is -1.01. The van der Waals surface area contributed by atoms with Crippen molar-refractivity contribution < 1.29 is 13.2 Å². The summed E-state index contributed by atoms with van der Waals surface area (Å²) in [4.78, 5) is 10.4. The normalized spacial score (nSPS) is 10.8. The fourth-order valence-corrected chi connectivity index (χ4v) is 2.00. The van der Waals surface area contributed by atoms with Crippen molar-refractivity contribution in [1.29, 1.82) is 0 Å². The van der Waals surface area contributed by atoms with Crippen molar-refractivity contribution in [3.05, 3.63) is 30.3 Å². The van der Waals surface area contributed by atoms with Gasteiger partial charge in [0, 0.05) is 0 Å². The van der Waals surface area contributed by atoms with E-state index in [9.17, 15) is 13.2 Å². The third kappa shape index (κ3) is 2.74. The number of hydrogen-bond acceptors (Lipinski definition) is 3. The number of carbonyl (C=O) groups excluding carboxylic acids is 1. The van der Waals surface area contributed by atoms with Crippen LogP contribution in [0.2, 0.25) is 0 Å². The van der Waals surface area contributed by atoms with Gasteiger partial charge in [-0.3, -0.25) is 4.79 Å². The van der Waals surface area contributed by atoms with Gasteiger partial charge in [0.25, 0.3) is 15.3 Å². The van der Waals surface area contributed by atoms with Crippen LogP contribution in [0.4, 0.5) is 4.79 Å². The summed E-state index contributed by atoms with van der Waals surface area (Å²) in [5.74, 6) is 0. The lowest BCUT2D eigenvalue weighted by atomic mass is 10.4. The highest BCUT2D eigenvalue weighted by Gasteiger charge is 2.14. The summed E-state index contributed by atoms with van der Waals surface area (Å²) in [7, 11) is -3.74. The van der Waals surface area contributed by atoms with Gasteiger partial charge in [-0.15, -0.1) is 0 Å². The second-order valence-corrected chi connectivity index (χ2v) is 4.31. The van der Waals surface area contributed by atoms with Crippen LogP contribution in [0.5, 0.6) is 0 Å². The topological polar surface area (TPSA) is 63.2 Å². The predicted molar refractivity (Wildman–Crippen MR) is 51.1 cm³/mol. The van der Waals surface area contributed by atoms with E-state index < -0.39 is 15.3 Å². The van der Waals surface area contributed by atoms with Crippen LogP contribution >= 0.6 is 12.6 Å². The fraction of sp³-hybridized carbons (Fsp3) is 0. The summed E-state index contributed by atoms with van der Waals surface area (Å²) < 4.78 is 24.3. The summed E-state index contributed by atoms with van der Waals surface area (Å²) >= 11 is 3.31. The van der Waals surface area contributed by atoms with Crippen LogP contribution < -0.4 is 4.72 Å². The molecular weight excluding hydrogens is 210 g/mol. The zero-order valence-corrected chi connectivity index (χ0v) is 8.18. The molecule has 1 N–H and O–H groups in total. The van der Waals surface area contributed by atoms with Crippen LogP contribution in [0.1, 0.15) is 0 Å². The molecule has 1 amide bonds. The molecular formula is C7H7NO3S2. The van der Waals surface area contributed by atoms with Gasteiger partial charge >= 0.3 is 0 Å². The Bertz CT molecular complexity index is 399. The van der Waals surface area contributed by atoms with Gasteiger partial charge in [0.1, 0.15) is 0 Å². The average Bonchev–Trinajstić information content (AvgIpc) is 2.04. The van der Waals surface area contributed by atoms with E-state index in [1.54, 1.807) is 22.9 Å². The van der Waals surface area contributed by atoms with Crippen LogP contribution in [-0.4, -0.2) is 13.7 Å². The second kappa shape index (κ2) is 3.80. The van der Waals surface area contributed by atoms with Gasteiger partial charge in [0.05, 0.1) is 4.90 Å². The number of benzene rings is 1. The maximum absolute atomic E-state index is 11.3. The first-order valence-electron chi connectivity index (χ1n) is 3.33. The molecule has 0 aromatic heterocycles. The Kier molecular flexibility index (Phi) is 2.94. The summed E-state index contributed by atoms with van der Waals surface area (Å²) in [6.07, 6.45) is 0. The van der Waals surface area contributed by atoms with Crippen LogP contribution in [0.15, 0.2) is 35.2 Å². The maximum atomic E-state index is 11.3. The van der Waals surface area contributed by atoms with Gasteiger partial charge in [0.2, 0.25) is 0 Å². The average molecular weight is 217 g/mol. The monoisotopic (exact) mass is 217 g/mol. The Morgan fingerprint density at radius 2 is 1.77 bits per heavy atom. The molecule has 1 aromatic rings. The second-order valence-electron chi connectivity index (χ2n) is 2.22. The minimum absolute atomic E-state index is 0.0393. The molecule has 13 heavy (non-hydrogen) atoms. The molecule has 1 aromatic carbocycles. The molecule has 0 bridgehead atoms. The largest absolute Gasteiger partial charge is 0.289 e. The van der Waals surface area contributed by atoms with Gasteiger partial charge < -0.3 is 0 Å². The van der Waals surface area contributed by atoms with E-state index in [0.29, 0.717) is 0 Å². The zero-order valence-electron chi connectivity index (χ0n) is 6.47. The van der Waals surface area contributed by atoms with Crippen molar-refractivity contribution in [2.45, 2.75) is 4.90 Å². The van der Waals surface area contributed by atoms with Crippen molar-refractivity contribution in [3.8, 4) is 0 Å². The van der Waals surface area contributed by atoms with E-state index >= 15 is 0 Å². The highest BCUT2D eigenvalue weighted by atomic mass is 32.2. The maximum Gasteiger partial charge on any atom is 0.289 e. The molecule has 1 rings (SSSR count). The molecule has 70 valence electrons. The molecule has 0 spiro atoms. The van der Waals surface area contributed by atoms with Crippen molar-refractivity contribution in [2.24, 2.45) is 0 Å². The standard InChI is InChI=1S/C7H7NO3S2/c9-7(12)8-13(10,11)6-4-2-1-3-5-6/h1-5H,(H2,8,9,12). The van der Waals surface area contributed by atoms with Gasteiger partial charge in [0.15, 0.2) is 0 Å². The molecule has 0 aliphatic heterocycles. The Labute approximate surface area is 81.4 Å². The number of hydrogen-bond donors (Lipinski definition) is 2. The molecule has 0 fully saturated rings. The number of amides is 1. The van der Waals surface area contributed by atoms with Gasteiger partial charge in [-0.2, -0.15) is 0 Å². The van der Waals surface area contributed by atoms with Gasteiger partial charge in [-0.05, 0) is 12.1 Å². The van der Waals surface area contributed by atoms with Crippen molar-refractivity contribution >= 4 is 27.9 Å².